The van der Waals surface area contributed by atoms with E-state index in [0.29, 0.717) is 28.8 Å². The minimum Gasteiger partial charge on any atom is -0.457 e. The summed E-state index contributed by atoms with van der Waals surface area (Å²) in [5.41, 5.74) is 3.37. The first-order valence-corrected chi connectivity index (χ1v) is 10.7. The van der Waals surface area contributed by atoms with E-state index < -0.39 is 18.5 Å². The van der Waals surface area contributed by atoms with E-state index >= 15 is 0 Å². The number of nitrogens with one attached hydrogen (secondary N) is 1. The Kier molecular flexibility index (Phi) is 6.64. The third-order valence-corrected chi connectivity index (χ3v) is 5.23. The molecule has 0 radical (unpaired) electrons. The van der Waals surface area contributed by atoms with Gasteiger partial charge in [0.05, 0.1) is 11.1 Å². The first-order valence-electron chi connectivity index (χ1n) is 10.7. The lowest BCUT2D eigenvalue weighted by atomic mass is 10.0. The minimum atomic E-state index is -0.539. The molecule has 6 nitrogen and oxygen atoms in total. The summed E-state index contributed by atoms with van der Waals surface area (Å²) in [6.45, 7) is 3.45. The van der Waals surface area contributed by atoms with Crippen molar-refractivity contribution in [1.29, 1.82) is 0 Å². The maximum absolute atomic E-state index is 12.9. The van der Waals surface area contributed by atoms with E-state index in [1.54, 1.807) is 24.3 Å². The number of hydrogen-bond acceptors (Lipinski definition) is 5. The van der Waals surface area contributed by atoms with Crippen molar-refractivity contribution in [1.82, 2.24) is 4.98 Å². The standard InChI is InChI=1S/C27H24N2O4/c1-3-23-18(2)26(22-11-7-8-12-24(22)29-23)27(31)32-17-25(30)28-19-13-15-21(16-14-19)33-20-9-5-4-6-10-20/h4-16H,3,17H2,1-2H3,(H,28,30). The maximum Gasteiger partial charge on any atom is 0.339 e. The van der Waals surface area contributed by atoms with Crippen LogP contribution in [-0.2, 0) is 16.0 Å². The Hall–Kier alpha value is -4.19. The highest BCUT2D eigenvalue weighted by atomic mass is 16.5. The second kappa shape index (κ2) is 9.96. The number of rotatable bonds is 7. The first kappa shape index (κ1) is 22.0. The number of ether oxygens (including phenoxy) is 2. The van der Waals surface area contributed by atoms with Crippen molar-refractivity contribution in [3.05, 3.63) is 95.7 Å². The Morgan fingerprint density at radius 1 is 0.879 bits per heavy atom. The molecule has 0 aliphatic carbocycles. The van der Waals surface area contributed by atoms with Crippen LogP contribution < -0.4 is 10.1 Å². The molecule has 0 saturated carbocycles. The summed E-state index contributed by atoms with van der Waals surface area (Å²) in [6.07, 6.45) is 0.696. The Morgan fingerprint density at radius 3 is 2.27 bits per heavy atom. The number of fused-ring (bicyclic) bond motifs is 1. The summed E-state index contributed by atoms with van der Waals surface area (Å²) in [7, 11) is 0. The lowest BCUT2D eigenvalue weighted by molar-refractivity contribution is -0.119. The van der Waals surface area contributed by atoms with Crippen LogP contribution in [0.4, 0.5) is 5.69 Å². The highest BCUT2D eigenvalue weighted by molar-refractivity contribution is 6.05. The number of carbonyl (C=O) groups is 2. The number of aryl methyl sites for hydroxylation is 1. The molecule has 0 aliphatic rings. The van der Waals surface area contributed by atoms with Gasteiger partial charge in [-0.2, -0.15) is 0 Å². The second-order valence-electron chi connectivity index (χ2n) is 7.49. The van der Waals surface area contributed by atoms with E-state index in [4.69, 9.17) is 9.47 Å². The van der Waals surface area contributed by atoms with E-state index in [1.165, 1.54) is 0 Å². The normalized spacial score (nSPS) is 10.6. The molecular formula is C27H24N2O4. The molecule has 6 heteroatoms. The van der Waals surface area contributed by atoms with E-state index in [-0.39, 0.29) is 0 Å². The van der Waals surface area contributed by atoms with Gasteiger partial charge in [0.15, 0.2) is 6.61 Å². The number of anilines is 1. The van der Waals surface area contributed by atoms with Crippen LogP contribution in [0, 0.1) is 6.92 Å². The monoisotopic (exact) mass is 440 g/mol. The van der Waals surface area contributed by atoms with Crippen LogP contribution in [0.2, 0.25) is 0 Å². The number of benzene rings is 3. The fourth-order valence-corrected chi connectivity index (χ4v) is 3.60. The third-order valence-electron chi connectivity index (χ3n) is 5.23. The smallest absolute Gasteiger partial charge is 0.339 e. The van der Waals surface area contributed by atoms with Gasteiger partial charge in [-0.05, 0) is 61.4 Å². The summed E-state index contributed by atoms with van der Waals surface area (Å²) >= 11 is 0. The van der Waals surface area contributed by atoms with Crippen molar-refractivity contribution in [2.24, 2.45) is 0 Å². The third kappa shape index (κ3) is 5.18. The zero-order valence-electron chi connectivity index (χ0n) is 18.5. The molecule has 3 aromatic carbocycles. The van der Waals surface area contributed by atoms with Crippen LogP contribution in [0.3, 0.4) is 0 Å². The highest BCUT2D eigenvalue weighted by Gasteiger charge is 2.19. The molecule has 0 fully saturated rings. The molecule has 0 bridgehead atoms. The van der Waals surface area contributed by atoms with Gasteiger partial charge in [-0.15, -0.1) is 0 Å². The largest absolute Gasteiger partial charge is 0.457 e. The van der Waals surface area contributed by atoms with Crippen molar-refractivity contribution in [2.45, 2.75) is 20.3 Å². The molecule has 1 amide bonds. The summed E-state index contributed by atoms with van der Waals surface area (Å²) in [6, 6.07) is 23.8. The first-order chi connectivity index (χ1) is 16.0. The van der Waals surface area contributed by atoms with Crippen molar-refractivity contribution in [2.75, 3.05) is 11.9 Å². The van der Waals surface area contributed by atoms with E-state index in [1.807, 2.05) is 68.4 Å². The van der Waals surface area contributed by atoms with Gasteiger partial charge in [-0.1, -0.05) is 43.3 Å². The molecule has 1 heterocycles. The minimum absolute atomic E-state index is 0.390. The SMILES string of the molecule is CCc1nc2ccccc2c(C(=O)OCC(=O)Nc2ccc(Oc3ccccc3)cc2)c1C. The quantitative estimate of drug-likeness (QED) is 0.373. The molecule has 0 saturated heterocycles. The predicted molar refractivity (Wildman–Crippen MR) is 128 cm³/mol. The summed E-state index contributed by atoms with van der Waals surface area (Å²) in [5.74, 6) is 0.415. The molecule has 1 aromatic heterocycles. The van der Waals surface area contributed by atoms with Gasteiger partial charge in [0.1, 0.15) is 11.5 Å². The van der Waals surface area contributed by atoms with E-state index in [2.05, 4.69) is 10.3 Å². The number of esters is 1. The Morgan fingerprint density at radius 2 is 1.55 bits per heavy atom. The van der Waals surface area contributed by atoms with Crippen LogP contribution in [0.15, 0.2) is 78.9 Å². The van der Waals surface area contributed by atoms with Crippen molar-refractivity contribution >= 4 is 28.5 Å². The molecule has 0 aliphatic heterocycles. The average molecular weight is 440 g/mol. The van der Waals surface area contributed by atoms with Crippen LogP contribution in [0.5, 0.6) is 11.5 Å². The summed E-state index contributed by atoms with van der Waals surface area (Å²) < 4.78 is 11.1. The lowest BCUT2D eigenvalue weighted by Gasteiger charge is -2.13. The van der Waals surface area contributed by atoms with Gasteiger partial charge in [-0.3, -0.25) is 9.78 Å². The molecule has 4 aromatic rings. The van der Waals surface area contributed by atoms with Gasteiger partial charge in [-0.25, -0.2) is 4.79 Å². The Labute approximate surface area is 192 Å². The van der Waals surface area contributed by atoms with Gasteiger partial charge in [0.25, 0.3) is 5.91 Å². The number of carbonyl (C=O) groups excluding carboxylic acids is 2. The average Bonchev–Trinajstić information content (AvgIpc) is 2.84. The molecule has 166 valence electrons. The molecule has 0 unspecified atom stereocenters. The highest BCUT2D eigenvalue weighted by Crippen LogP contribution is 2.25. The van der Waals surface area contributed by atoms with E-state index in [9.17, 15) is 9.59 Å². The van der Waals surface area contributed by atoms with Crippen LogP contribution in [0.1, 0.15) is 28.5 Å². The summed E-state index contributed by atoms with van der Waals surface area (Å²) in [4.78, 5) is 29.9. The summed E-state index contributed by atoms with van der Waals surface area (Å²) in [5, 5.41) is 3.44. The number of nitrogens with zero attached hydrogens (tertiary/aromatic N) is 1. The second-order valence-corrected chi connectivity index (χ2v) is 7.49. The molecule has 1 N–H and O–H groups in total. The van der Waals surface area contributed by atoms with Crippen LogP contribution in [-0.4, -0.2) is 23.5 Å². The van der Waals surface area contributed by atoms with Crippen molar-refractivity contribution < 1.29 is 19.1 Å². The van der Waals surface area contributed by atoms with Crippen molar-refractivity contribution in [3.8, 4) is 11.5 Å². The predicted octanol–water partition coefficient (Wildman–Crippen LogP) is 5.69. The number of amides is 1. The lowest BCUT2D eigenvalue weighted by Crippen LogP contribution is -2.21. The van der Waals surface area contributed by atoms with Gasteiger partial charge in [0.2, 0.25) is 0 Å². The molecule has 4 rings (SSSR count). The maximum atomic E-state index is 12.9. The fraction of sp³-hybridized carbons (Fsp3) is 0.148. The van der Waals surface area contributed by atoms with E-state index in [0.717, 1.165) is 22.5 Å². The number of aromatic nitrogens is 1. The van der Waals surface area contributed by atoms with Gasteiger partial charge in [0, 0.05) is 16.8 Å². The topological polar surface area (TPSA) is 77.5 Å². The fourth-order valence-electron chi connectivity index (χ4n) is 3.60. The zero-order valence-corrected chi connectivity index (χ0v) is 18.5. The molecule has 33 heavy (non-hydrogen) atoms. The molecular weight excluding hydrogens is 416 g/mol. The Balaban J connectivity index is 1.39. The van der Waals surface area contributed by atoms with Gasteiger partial charge >= 0.3 is 5.97 Å². The number of para-hydroxylation sites is 2. The number of hydrogen-bond donors (Lipinski definition) is 1. The van der Waals surface area contributed by atoms with Gasteiger partial charge < -0.3 is 14.8 Å². The Bertz CT molecular complexity index is 1290. The van der Waals surface area contributed by atoms with Crippen molar-refractivity contribution in [3.63, 3.8) is 0 Å². The van der Waals surface area contributed by atoms with Crippen LogP contribution in [0.25, 0.3) is 10.9 Å². The van der Waals surface area contributed by atoms with Crippen LogP contribution >= 0.6 is 0 Å². The molecule has 0 spiro atoms. The molecule has 0 atom stereocenters. The zero-order chi connectivity index (χ0) is 23.2. The number of pyridine rings is 1.